The molecule has 3 heterocycles. The second-order valence-corrected chi connectivity index (χ2v) is 9.52. The highest BCUT2D eigenvalue weighted by atomic mass is 32.1. The van der Waals surface area contributed by atoms with E-state index in [1.54, 1.807) is 30.2 Å². The maximum atomic E-state index is 13.5. The smallest absolute Gasteiger partial charge is 0.416 e. The van der Waals surface area contributed by atoms with Crippen LogP contribution in [0.25, 0.3) is 27.2 Å². The Labute approximate surface area is 219 Å². The van der Waals surface area contributed by atoms with E-state index in [1.807, 2.05) is 30.3 Å². The highest BCUT2D eigenvalue weighted by Gasteiger charge is 2.35. The molecule has 0 unspecified atom stereocenters. The Bertz CT molecular complexity index is 1640. The van der Waals surface area contributed by atoms with Crippen LogP contribution in [0.4, 0.5) is 19.0 Å². The number of ether oxygens (including phenoxy) is 1. The van der Waals surface area contributed by atoms with Crippen molar-refractivity contribution in [3.63, 3.8) is 0 Å². The van der Waals surface area contributed by atoms with Crippen molar-refractivity contribution in [2.24, 2.45) is 5.73 Å². The Hall–Kier alpha value is -4.38. The predicted octanol–water partition coefficient (Wildman–Crippen LogP) is 6.45. The van der Waals surface area contributed by atoms with E-state index in [1.165, 1.54) is 25.1 Å². The molecule has 5 rings (SSSR count). The van der Waals surface area contributed by atoms with Gasteiger partial charge in [0.25, 0.3) is 5.91 Å². The summed E-state index contributed by atoms with van der Waals surface area (Å²) in [5.74, 6) is 0.111. The maximum absolute atomic E-state index is 13.5. The molecular weight excluding hydrogens is 515 g/mol. The standard InChI is InChI=1S/C27H22F3N5O2S/c1-15(18-5-3-4-6-19(18)27(28,29)30)37-22-13-24(38-25(22)26(31)36)35-14-34-20-11-16(7-8-21(20)35)17-9-10-33-23(12-17)32-2/h3-15H,1-2H3,(H2,31,36)(H,32,33)/t15-/m1/s1. The average Bonchev–Trinajstić information content (AvgIpc) is 3.52. The van der Waals surface area contributed by atoms with Gasteiger partial charge in [-0.1, -0.05) is 24.3 Å². The van der Waals surface area contributed by atoms with Crippen molar-refractivity contribution in [1.82, 2.24) is 14.5 Å². The van der Waals surface area contributed by atoms with Crippen molar-refractivity contribution < 1.29 is 22.7 Å². The second kappa shape index (κ2) is 9.82. The van der Waals surface area contributed by atoms with Gasteiger partial charge in [-0.2, -0.15) is 13.2 Å². The number of primary amides is 1. The SMILES string of the molecule is CNc1cc(-c2ccc3c(c2)ncn3-c2cc(O[C@H](C)c3ccccc3C(F)(F)F)c(C(N)=O)s2)ccn1. The number of alkyl halides is 3. The van der Waals surface area contributed by atoms with Crippen LogP contribution in [-0.2, 0) is 6.18 Å². The maximum Gasteiger partial charge on any atom is 0.416 e. The van der Waals surface area contributed by atoms with Gasteiger partial charge in [-0.15, -0.1) is 11.3 Å². The predicted molar refractivity (Wildman–Crippen MR) is 141 cm³/mol. The van der Waals surface area contributed by atoms with Crippen molar-refractivity contribution in [2.75, 3.05) is 12.4 Å². The van der Waals surface area contributed by atoms with Crippen LogP contribution in [0.1, 0.15) is 33.8 Å². The molecule has 38 heavy (non-hydrogen) atoms. The Kier molecular flexibility index (Phi) is 6.53. The molecule has 5 aromatic rings. The summed E-state index contributed by atoms with van der Waals surface area (Å²) in [5.41, 5.74) is 8.17. The first-order valence-electron chi connectivity index (χ1n) is 11.5. The van der Waals surface area contributed by atoms with E-state index in [-0.39, 0.29) is 16.2 Å². The number of hydrogen-bond acceptors (Lipinski definition) is 6. The Morgan fingerprint density at radius 1 is 1.08 bits per heavy atom. The fraction of sp³-hybridized carbons (Fsp3) is 0.148. The molecular formula is C27H22F3N5O2S. The first kappa shape index (κ1) is 25.3. The summed E-state index contributed by atoms with van der Waals surface area (Å²) in [4.78, 5) is 21.1. The molecule has 0 saturated carbocycles. The molecule has 0 aliphatic carbocycles. The molecule has 2 aromatic carbocycles. The summed E-state index contributed by atoms with van der Waals surface area (Å²) >= 11 is 1.08. The number of halogens is 3. The molecule has 0 aliphatic rings. The van der Waals surface area contributed by atoms with Crippen LogP contribution in [-0.4, -0.2) is 27.5 Å². The van der Waals surface area contributed by atoms with Gasteiger partial charge in [0.05, 0.1) is 16.6 Å². The van der Waals surface area contributed by atoms with Gasteiger partial charge in [0, 0.05) is 24.9 Å². The molecule has 0 radical (unpaired) electrons. The number of rotatable bonds is 7. The molecule has 194 valence electrons. The first-order valence-corrected chi connectivity index (χ1v) is 12.4. The molecule has 3 N–H and O–H groups in total. The highest BCUT2D eigenvalue weighted by Crippen LogP contribution is 2.39. The van der Waals surface area contributed by atoms with E-state index in [4.69, 9.17) is 10.5 Å². The number of thiophene rings is 1. The number of carbonyl (C=O) groups excluding carboxylic acids is 1. The lowest BCUT2D eigenvalue weighted by molar-refractivity contribution is -0.138. The van der Waals surface area contributed by atoms with Crippen LogP contribution in [0.5, 0.6) is 5.75 Å². The van der Waals surface area contributed by atoms with E-state index in [0.717, 1.165) is 39.9 Å². The third kappa shape index (κ3) is 4.80. The van der Waals surface area contributed by atoms with Gasteiger partial charge in [-0.25, -0.2) is 9.97 Å². The van der Waals surface area contributed by atoms with Gasteiger partial charge in [0.1, 0.15) is 33.9 Å². The number of amides is 1. The minimum atomic E-state index is -4.54. The summed E-state index contributed by atoms with van der Waals surface area (Å²) in [6.45, 7) is 1.50. The Balaban J connectivity index is 1.49. The third-order valence-electron chi connectivity index (χ3n) is 6.05. The summed E-state index contributed by atoms with van der Waals surface area (Å²) < 4.78 is 48.2. The van der Waals surface area contributed by atoms with Crippen LogP contribution in [0.2, 0.25) is 0 Å². The Morgan fingerprint density at radius 2 is 1.84 bits per heavy atom. The van der Waals surface area contributed by atoms with Crippen molar-refractivity contribution in [2.45, 2.75) is 19.2 Å². The molecule has 1 amide bonds. The zero-order valence-electron chi connectivity index (χ0n) is 20.3. The number of anilines is 1. The summed E-state index contributed by atoms with van der Waals surface area (Å²) in [6, 6.07) is 16.4. The number of fused-ring (bicyclic) bond motifs is 1. The van der Waals surface area contributed by atoms with Crippen LogP contribution >= 0.6 is 11.3 Å². The number of nitrogens with two attached hydrogens (primary N) is 1. The molecule has 0 spiro atoms. The normalized spacial score (nSPS) is 12.4. The largest absolute Gasteiger partial charge is 0.484 e. The third-order valence-corrected chi connectivity index (χ3v) is 7.18. The molecule has 1 atom stereocenters. The minimum absolute atomic E-state index is 0.0404. The van der Waals surface area contributed by atoms with Gasteiger partial charge < -0.3 is 15.8 Å². The number of aromatic nitrogens is 3. The number of nitrogens with one attached hydrogen (secondary N) is 1. The van der Waals surface area contributed by atoms with Crippen molar-refractivity contribution in [3.8, 4) is 21.9 Å². The van der Waals surface area contributed by atoms with Gasteiger partial charge >= 0.3 is 6.18 Å². The number of benzene rings is 2. The molecule has 0 fully saturated rings. The molecule has 0 aliphatic heterocycles. The van der Waals surface area contributed by atoms with E-state index in [2.05, 4.69) is 15.3 Å². The molecule has 7 nitrogen and oxygen atoms in total. The monoisotopic (exact) mass is 537 g/mol. The summed E-state index contributed by atoms with van der Waals surface area (Å²) in [7, 11) is 1.80. The van der Waals surface area contributed by atoms with Crippen LogP contribution in [0.3, 0.4) is 0 Å². The lowest BCUT2D eigenvalue weighted by atomic mass is 10.0. The summed E-state index contributed by atoms with van der Waals surface area (Å²) in [5, 5.41) is 3.60. The number of hydrogen-bond donors (Lipinski definition) is 2. The van der Waals surface area contributed by atoms with Crippen molar-refractivity contribution in [1.29, 1.82) is 0 Å². The van der Waals surface area contributed by atoms with Crippen LogP contribution in [0, 0.1) is 0 Å². The number of pyridine rings is 1. The molecule has 0 saturated heterocycles. The zero-order valence-corrected chi connectivity index (χ0v) is 21.1. The van der Waals surface area contributed by atoms with Gasteiger partial charge in [-0.05, 0) is 48.4 Å². The Morgan fingerprint density at radius 3 is 2.58 bits per heavy atom. The topological polar surface area (TPSA) is 95.1 Å². The fourth-order valence-corrected chi connectivity index (χ4v) is 5.15. The zero-order chi connectivity index (χ0) is 27.0. The first-order chi connectivity index (χ1) is 18.2. The minimum Gasteiger partial charge on any atom is -0.484 e. The highest BCUT2D eigenvalue weighted by molar-refractivity contribution is 7.16. The van der Waals surface area contributed by atoms with Crippen molar-refractivity contribution in [3.05, 3.63) is 89.2 Å². The van der Waals surface area contributed by atoms with E-state index >= 15 is 0 Å². The molecule has 11 heteroatoms. The fourth-order valence-electron chi connectivity index (χ4n) is 4.22. The summed E-state index contributed by atoms with van der Waals surface area (Å²) in [6.07, 6.45) is -2.20. The van der Waals surface area contributed by atoms with Gasteiger partial charge in [-0.3, -0.25) is 9.36 Å². The van der Waals surface area contributed by atoms with Gasteiger partial charge in [0.2, 0.25) is 0 Å². The van der Waals surface area contributed by atoms with E-state index in [0.29, 0.717) is 10.5 Å². The number of nitrogens with zero attached hydrogens (tertiary/aromatic N) is 3. The molecule has 3 aromatic heterocycles. The van der Waals surface area contributed by atoms with Crippen LogP contribution in [0.15, 0.2) is 73.2 Å². The lowest BCUT2D eigenvalue weighted by Gasteiger charge is -2.19. The van der Waals surface area contributed by atoms with Crippen molar-refractivity contribution >= 4 is 34.1 Å². The number of carbonyl (C=O) groups is 1. The molecule has 0 bridgehead atoms. The average molecular weight is 538 g/mol. The quantitative estimate of drug-likeness (QED) is 0.249. The second-order valence-electron chi connectivity index (χ2n) is 8.49. The van der Waals surface area contributed by atoms with E-state index < -0.39 is 23.8 Å². The van der Waals surface area contributed by atoms with E-state index in [9.17, 15) is 18.0 Å². The van der Waals surface area contributed by atoms with Crippen LogP contribution < -0.4 is 15.8 Å². The number of imidazole rings is 1. The lowest BCUT2D eigenvalue weighted by Crippen LogP contribution is -2.15. The van der Waals surface area contributed by atoms with Gasteiger partial charge in [0.15, 0.2) is 0 Å².